The van der Waals surface area contributed by atoms with Crippen LogP contribution in [0.25, 0.3) is 0 Å². The predicted molar refractivity (Wildman–Crippen MR) is 330 cm³/mol. The van der Waals surface area contributed by atoms with Crippen molar-refractivity contribution in [2.24, 2.45) is 0 Å². The minimum Gasteiger partial charge on any atom is -0.394 e. The zero-order valence-corrected chi connectivity index (χ0v) is 51.6. The minimum atomic E-state index is -1.67. The highest BCUT2D eigenvalue weighted by molar-refractivity contribution is 5.80. The van der Waals surface area contributed by atoms with Gasteiger partial charge in [-0.2, -0.15) is 0 Å². The molecule has 0 aromatic heterocycles. The van der Waals surface area contributed by atoms with Gasteiger partial charge in [0.2, 0.25) is 5.91 Å². The first kappa shape index (κ1) is 75.6. The number of aliphatic hydroxyl groups excluding tert-OH is 7. The van der Waals surface area contributed by atoms with Gasteiger partial charge in [-0.1, -0.05) is 308 Å². The molecule has 9 atom stereocenters. The molecule has 0 spiro atoms. The second-order valence-corrected chi connectivity index (χ2v) is 24.2. The number of allylic oxidation sites excluding steroid dienone is 4. The summed E-state index contributed by atoms with van der Waals surface area (Å²) in [5.41, 5.74) is 0. The van der Waals surface area contributed by atoms with Crippen molar-refractivity contribution < 1.29 is 50.0 Å². The molecule has 1 fully saturated rings. The van der Waals surface area contributed by atoms with Crippen molar-refractivity contribution in [3.8, 4) is 0 Å². The first-order valence-electron chi connectivity index (χ1n) is 34.2. The molecule has 0 aliphatic carbocycles. The molecule has 9 unspecified atom stereocenters. The summed E-state index contributed by atoms with van der Waals surface area (Å²) in [5, 5.41) is 76.4. The van der Waals surface area contributed by atoms with Gasteiger partial charge < -0.3 is 50.5 Å². The van der Waals surface area contributed by atoms with E-state index < -0.39 is 74.2 Å². The van der Waals surface area contributed by atoms with Crippen LogP contribution >= 0.6 is 0 Å². The second-order valence-electron chi connectivity index (χ2n) is 24.2. The average molecular weight is 1120 g/mol. The molecular formula is C68H131NO10. The lowest BCUT2D eigenvalue weighted by molar-refractivity contribution is -0.303. The van der Waals surface area contributed by atoms with Crippen LogP contribution in [0.1, 0.15) is 335 Å². The van der Waals surface area contributed by atoms with Crippen molar-refractivity contribution in [3.63, 3.8) is 0 Å². The van der Waals surface area contributed by atoms with Gasteiger partial charge in [0.05, 0.1) is 25.4 Å². The lowest BCUT2D eigenvalue weighted by Crippen LogP contribution is -2.60. The smallest absolute Gasteiger partial charge is 0.249 e. The molecule has 0 bridgehead atoms. The normalized spacial score (nSPS) is 19.4. The van der Waals surface area contributed by atoms with Crippen LogP contribution in [0.4, 0.5) is 0 Å². The number of aliphatic hydroxyl groups is 7. The number of nitrogens with one attached hydrogen (secondary N) is 1. The topological polar surface area (TPSA) is 189 Å². The number of carbonyl (C=O) groups is 1. The highest BCUT2D eigenvalue weighted by Gasteiger charge is 2.44. The Kier molecular flexibility index (Phi) is 54.6. The Hall–Kier alpha value is -1.41. The van der Waals surface area contributed by atoms with Crippen LogP contribution in [0.15, 0.2) is 24.3 Å². The van der Waals surface area contributed by atoms with Crippen molar-refractivity contribution >= 4 is 5.91 Å². The number of amides is 1. The highest BCUT2D eigenvalue weighted by atomic mass is 16.7. The van der Waals surface area contributed by atoms with E-state index in [2.05, 4.69) is 43.5 Å². The SMILES string of the molecule is CCCCCCCCCCCCCCCCCCCC/C=C/CC/C=C/CCCC(O)C(O)C(COC1OC(CO)C(O)C(O)C1O)NC(=O)C(O)CCCCCCCCCCCCCCCCCCCCCCCCCCC. The molecular weight excluding hydrogens is 991 g/mol. The minimum absolute atomic E-state index is 0.249. The maximum Gasteiger partial charge on any atom is 0.249 e. The van der Waals surface area contributed by atoms with Crippen molar-refractivity contribution in [1.29, 1.82) is 0 Å². The summed E-state index contributed by atoms with van der Waals surface area (Å²) in [4.78, 5) is 13.2. The van der Waals surface area contributed by atoms with Crippen LogP contribution < -0.4 is 5.32 Å². The maximum absolute atomic E-state index is 13.2. The lowest BCUT2D eigenvalue weighted by Gasteiger charge is -2.40. The molecule has 0 saturated carbocycles. The number of rotatable bonds is 60. The summed E-state index contributed by atoms with van der Waals surface area (Å²) in [6, 6.07) is -1.19. The molecule has 79 heavy (non-hydrogen) atoms. The molecule has 11 nitrogen and oxygen atoms in total. The molecule has 0 radical (unpaired) electrons. The van der Waals surface area contributed by atoms with Crippen molar-refractivity contribution in [2.75, 3.05) is 13.2 Å². The summed E-state index contributed by atoms with van der Waals surface area (Å²) in [7, 11) is 0. The van der Waals surface area contributed by atoms with E-state index in [0.717, 1.165) is 38.5 Å². The first-order chi connectivity index (χ1) is 38.7. The van der Waals surface area contributed by atoms with Gasteiger partial charge in [0.1, 0.15) is 36.6 Å². The van der Waals surface area contributed by atoms with Gasteiger partial charge >= 0.3 is 0 Å². The van der Waals surface area contributed by atoms with Crippen LogP contribution in [0.2, 0.25) is 0 Å². The van der Waals surface area contributed by atoms with E-state index >= 15 is 0 Å². The van der Waals surface area contributed by atoms with Crippen molar-refractivity contribution in [2.45, 2.75) is 390 Å². The summed E-state index contributed by atoms with van der Waals surface area (Å²) in [5.74, 6) is -0.703. The molecule has 1 rings (SSSR count). The average Bonchev–Trinajstić information content (AvgIpc) is 3.46. The fraction of sp³-hybridized carbons (Fsp3) is 0.926. The quantitative estimate of drug-likeness (QED) is 0.0215. The number of hydrogen-bond donors (Lipinski definition) is 8. The fourth-order valence-electron chi connectivity index (χ4n) is 11.2. The summed E-state index contributed by atoms with van der Waals surface area (Å²) < 4.78 is 11.2. The number of ether oxygens (including phenoxy) is 2. The number of carbonyl (C=O) groups excluding carboxylic acids is 1. The zero-order chi connectivity index (χ0) is 57.5. The summed E-state index contributed by atoms with van der Waals surface area (Å²) >= 11 is 0. The Bertz CT molecular complexity index is 1330. The van der Waals surface area contributed by atoms with E-state index in [1.54, 1.807) is 0 Å². The third-order valence-corrected chi connectivity index (χ3v) is 16.7. The Morgan fingerprint density at radius 1 is 0.430 bits per heavy atom. The molecule has 1 saturated heterocycles. The largest absolute Gasteiger partial charge is 0.394 e. The van der Waals surface area contributed by atoms with Gasteiger partial charge in [-0.25, -0.2) is 0 Å². The molecule has 1 aliphatic rings. The third-order valence-electron chi connectivity index (χ3n) is 16.7. The Morgan fingerprint density at radius 2 is 0.759 bits per heavy atom. The maximum atomic E-state index is 13.2. The van der Waals surface area contributed by atoms with Crippen LogP contribution in [-0.4, -0.2) is 110 Å². The molecule has 0 aromatic rings. The van der Waals surface area contributed by atoms with Gasteiger partial charge in [-0.15, -0.1) is 0 Å². The van der Waals surface area contributed by atoms with Crippen LogP contribution in [0, 0.1) is 0 Å². The molecule has 1 heterocycles. The monoisotopic (exact) mass is 1120 g/mol. The summed E-state index contributed by atoms with van der Waals surface area (Å²) in [6.45, 7) is 3.49. The van der Waals surface area contributed by atoms with E-state index in [9.17, 15) is 40.5 Å². The van der Waals surface area contributed by atoms with Crippen molar-refractivity contribution in [1.82, 2.24) is 5.32 Å². The molecule has 8 N–H and O–H groups in total. The Labute approximate surface area is 486 Å². The number of hydrogen-bond acceptors (Lipinski definition) is 10. The number of unbranched alkanes of at least 4 members (excludes halogenated alkanes) is 44. The van der Waals surface area contributed by atoms with Gasteiger partial charge in [0, 0.05) is 0 Å². The Morgan fingerprint density at radius 3 is 1.13 bits per heavy atom. The molecule has 11 heteroatoms. The lowest BCUT2D eigenvalue weighted by atomic mass is 9.98. The van der Waals surface area contributed by atoms with Crippen LogP contribution in [0.5, 0.6) is 0 Å². The molecule has 1 aliphatic heterocycles. The van der Waals surface area contributed by atoms with Gasteiger partial charge in [0.15, 0.2) is 6.29 Å². The van der Waals surface area contributed by atoms with Crippen molar-refractivity contribution in [3.05, 3.63) is 24.3 Å². The second kappa shape index (κ2) is 57.0. The first-order valence-corrected chi connectivity index (χ1v) is 34.2. The summed E-state index contributed by atoms with van der Waals surface area (Å²) in [6.07, 6.45) is 59.7. The van der Waals surface area contributed by atoms with Gasteiger partial charge in [-0.3, -0.25) is 4.79 Å². The van der Waals surface area contributed by atoms with Gasteiger partial charge in [-0.05, 0) is 51.4 Å². The van der Waals surface area contributed by atoms with E-state index in [1.807, 2.05) is 0 Å². The van der Waals surface area contributed by atoms with E-state index in [-0.39, 0.29) is 12.8 Å². The fourth-order valence-corrected chi connectivity index (χ4v) is 11.2. The molecule has 468 valence electrons. The zero-order valence-electron chi connectivity index (χ0n) is 51.6. The van der Waals surface area contributed by atoms with Crippen LogP contribution in [-0.2, 0) is 14.3 Å². The van der Waals surface area contributed by atoms with E-state index in [4.69, 9.17) is 9.47 Å². The Balaban J connectivity index is 2.24. The highest BCUT2D eigenvalue weighted by Crippen LogP contribution is 2.24. The van der Waals surface area contributed by atoms with Crippen LogP contribution in [0.3, 0.4) is 0 Å². The predicted octanol–water partition coefficient (Wildman–Crippen LogP) is 16.0. The van der Waals surface area contributed by atoms with E-state index in [0.29, 0.717) is 19.3 Å². The van der Waals surface area contributed by atoms with E-state index in [1.165, 1.54) is 250 Å². The molecule has 0 aromatic carbocycles. The molecule has 1 amide bonds. The standard InChI is InChI=1S/C68H131NO10/c1-3-5-7-9-11-13-15-17-19-21-23-25-27-29-30-32-33-35-37-39-41-43-45-47-49-51-53-55-60(71)63(73)59(58-78-68-66(76)65(75)64(74)62(57-70)79-68)69-67(77)61(72)56-54-52-50-48-46-44-42-40-38-36-34-31-28-26-24-22-20-18-16-14-12-10-8-6-4-2/h39,41,47,49,59-66,68,70-76H,3-38,40,42-46,48,50-58H2,1-2H3,(H,69,77)/b41-39+,49-47+. The third kappa shape index (κ3) is 44.7. The van der Waals surface area contributed by atoms with Gasteiger partial charge in [0.25, 0.3) is 0 Å².